The molecule has 1 aliphatic rings. The molecule has 0 aliphatic carbocycles. The number of sulfonamides is 1. The Morgan fingerprint density at radius 3 is 2.72 bits per heavy atom. The van der Waals surface area contributed by atoms with Crippen LogP contribution >= 0.6 is 11.6 Å². The number of hydrogen-bond acceptors (Lipinski definition) is 6. The van der Waals surface area contributed by atoms with E-state index in [1.165, 1.54) is 4.31 Å². The second-order valence-electron chi connectivity index (χ2n) is 6.79. The minimum absolute atomic E-state index is 0.136. The van der Waals surface area contributed by atoms with Crippen molar-refractivity contribution < 1.29 is 8.42 Å². The molecule has 2 aromatic heterocycles. The summed E-state index contributed by atoms with van der Waals surface area (Å²) in [4.78, 5) is 13.1. The number of pyridine rings is 1. The fourth-order valence-corrected chi connectivity index (χ4v) is 5.53. The Bertz CT molecular complexity index is 1090. The molecule has 29 heavy (non-hydrogen) atoms. The molecule has 3 heterocycles. The van der Waals surface area contributed by atoms with E-state index in [0.29, 0.717) is 40.9 Å². The van der Waals surface area contributed by atoms with E-state index in [4.69, 9.17) is 11.6 Å². The number of rotatable bonds is 6. The second-order valence-corrected chi connectivity index (χ2v) is 9.11. The highest BCUT2D eigenvalue weighted by Gasteiger charge is 2.36. The van der Waals surface area contributed by atoms with Gasteiger partial charge in [0.05, 0.1) is 29.9 Å². The van der Waals surface area contributed by atoms with E-state index < -0.39 is 10.0 Å². The van der Waals surface area contributed by atoms with Crippen molar-refractivity contribution in [1.82, 2.24) is 19.3 Å². The fraction of sp³-hybridized carbons (Fsp3) is 0.250. The SMILES string of the molecule is O=S(=O)(Cc1ccccc1Cl)N1CCC[C@@H]1c1cncc(Nc2ccccn2)n1. The van der Waals surface area contributed by atoms with Crippen molar-refractivity contribution in [3.63, 3.8) is 0 Å². The van der Waals surface area contributed by atoms with Crippen LogP contribution < -0.4 is 5.32 Å². The topological polar surface area (TPSA) is 88.1 Å². The van der Waals surface area contributed by atoms with Gasteiger partial charge in [0.1, 0.15) is 11.6 Å². The first kappa shape index (κ1) is 19.8. The zero-order valence-corrected chi connectivity index (χ0v) is 17.1. The first-order valence-electron chi connectivity index (χ1n) is 9.26. The monoisotopic (exact) mass is 429 g/mol. The molecule has 150 valence electrons. The molecule has 1 atom stereocenters. The average Bonchev–Trinajstić information content (AvgIpc) is 3.22. The number of nitrogens with zero attached hydrogens (tertiary/aromatic N) is 4. The number of halogens is 1. The molecule has 9 heteroatoms. The summed E-state index contributed by atoms with van der Waals surface area (Å²) in [5.74, 6) is 1.03. The van der Waals surface area contributed by atoms with Gasteiger partial charge in [-0.05, 0) is 36.6 Å². The van der Waals surface area contributed by atoms with Crippen molar-refractivity contribution in [2.45, 2.75) is 24.6 Å². The van der Waals surface area contributed by atoms with Crippen molar-refractivity contribution in [3.05, 3.63) is 77.3 Å². The fourth-order valence-electron chi connectivity index (χ4n) is 3.43. The molecular weight excluding hydrogens is 410 g/mol. The lowest BCUT2D eigenvalue weighted by molar-refractivity contribution is 0.389. The van der Waals surface area contributed by atoms with Crippen LogP contribution in [0, 0.1) is 0 Å². The lowest BCUT2D eigenvalue weighted by atomic mass is 10.2. The van der Waals surface area contributed by atoms with E-state index in [2.05, 4.69) is 20.3 Å². The highest BCUT2D eigenvalue weighted by Crippen LogP contribution is 2.35. The number of nitrogens with one attached hydrogen (secondary N) is 1. The molecule has 1 fully saturated rings. The van der Waals surface area contributed by atoms with Crippen LogP contribution in [0.2, 0.25) is 5.02 Å². The molecule has 1 aromatic carbocycles. The summed E-state index contributed by atoms with van der Waals surface area (Å²) in [5, 5.41) is 3.55. The minimum atomic E-state index is -3.56. The Morgan fingerprint density at radius 1 is 1.10 bits per heavy atom. The van der Waals surface area contributed by atoms with Gasteiger partial charge in [-0.2, -0.15) is 4.31 Å². The van der Waals surface area contributed by atoms with E-state index in [-0.39, 0.29) is 11.8 Å². The lowest BCUT2D eigenvalue weighted by Crippen LogP contribution is -2.32. The van der Waals surface area contributed by atoms with Crippen LogP contribution in [0.1, 0.15) is 30.1 Å². The Hall–Kier alpha value is -2.55. The third-order valence-electron chi connectivity index (χ3n) is 4.77. The quantitative estimate of drug-likeness (QED) is 0.638. The molecule has 4 rings (SSSR count). The summed E-state index contributed by atoms with van der Waals surface area (Å²) in [6.45, 7) is 0.455. The molecule has 0 bridgehead atoms. The summed E-state index contributed by atoms with van der Waals surface area (Å²) in [6.07, 6.45) is 6.36. The Balaban J connectivity index is 1.57. The van der Waals surface area contributed by atoms with Crippen LogP contribution in [-0.4, -0.2) is 34.2 Å². The van der Waals surface area contributed by atoms with Crippen molar-refractivity contribution in [2.75, 3.05) is 11.9 Å². The molecule has 0 saturated carbocycles. The van der Waals surface area contributed by atoms with E-state index in [1.54, 1.807) is 42.9 Å². The molecule has 0 spiro atoms. The first-order chi connectivity index (χ1) is 14.0. The van der Waals surface area contributed by atoms with E-state index in [9.17, 15) is 8.42 Å². The number of benzene rings is 1. The van der Waals surface area contributed by atoms with Crippen LogP contribution in [0.5, 0.6) is 0 Å². The maximum absolute atomic E-state index is 13.1. The average molecular weight is 430 g/mol. The summed E-state index contributed by atoms with van der Waals surface area (Å²) >= 11 is 6.17. The van der Waals surface area contributed by atoms with Gasteiger partial charge in [-0.15, -0.1) is 0 Å². The van der Waals surface area contributed by atoms with Crippen molar-refractivity contribution >= 4 is 33.3 Å². The summed E-state index contributed by atoms with van der Waals surface area (Å²) in [5.41, 5.74) is 1.21. The van der Waals surface area contributed by atoms with Gasteiger partial charge < -0.3 is 5.32 Å². The van der Waals surface area contributed by atoms with Gasteiger partial charge in [-0.1, -0.05) is 35.9 Å². The molecule has 3 aromatic rings. The molecule has 1 N–H and O–H groups in total. The molecule has 1 saturated heterocycles. The third-order valence-corrected chi connectivity index (χ3v) is 6.97. The molecule has 0 unspecified atom stereocenters. The largest absolute Gasteiger partial charge is 0.324 e. The smallest absolute Gasteiger partial charge is 0.218 e. The first-order valence-corrected chi connectivity index (χ1v) is 11.2. The van der Waals surface area contributed by atoms with Crippen LogP contribution in [0.4, 0.5) is 11.6 Å². The van der Waals surface area contributed by atoms with Gasteiger partial charge in [-0.3, -0.25) is 4.98 Å². The van der Waals surface area contributed by atoms with Gasteiger partial charge in [-0.25, -0.2) is 18.4 Å². The summed E-state index contributed by atoms with van der Waals surface area (Å²) < 4.78 is 27.7. The van der Waals surface area contributed by atoms with E-state index >= 15 is 0 Å². The van der Waals surface area contributed by atoms with Gasteiger partial charge in [0, 0.05) is 17.8 Å². The molecule has 7 nitrogen and oxygen atoms in total. The van der Waals surface area contributed by atoms with Crippen LogP contribution in [0.15, 0.2) is 61.1 Å². The van der Waals surface area contributed by atoms with Crippen molar-refractivity contribution in [2.24, 2.45) is 0 Å². The Labute approximate surface area is 174 Å². The number of hydrogen-bond donors (Lipinski definition) is 1. The summed E-state index contributed by atoms with van der Waals surface area (Å²) in [6, 6.07) is 12.2. The van der Waals surface area contributed by atoms with Crippen molar-refractivity contribution in [3.8, 4) is 0 Å². The number of aromatic nitrogens is 3. The predicted molar refractivity (Wildman–Crippen MR) is 112 cm³/mol. The minimum Gasteiger partial charge on any atom is -0.324 e. The third kappa shape index (κ3) is 4.55. The Morgan fingerprint density at radius 2 is 1.93 bits per heavy atom. The van der Waals surface area contributed by atoms with Crippen LogP contribution in [-0.2, 0) is 15.8 Å². The van der Waals surface area contributed by atoms with Gasteiger partial charge in [0.15, 0.2) is 0 Å². The predicted octanol–water partition coefficient (Wildman–Crippen LogP) is 3.94. The van der Waals surface area contributed by atoms with Gasteiger partial charge in [0.2, 0.25) is 10.0 Å². The maximum atomic E-state index is 13.1. The van der Waals surface area contributed by atoms with E-state index in [0.717, 1.165) is 6.42 Å². The van der Waals surface area contributed by atoms with Crippen LogP contribution in [0.25, 0.3) is 0 Å². The normalized spacial score (nSPS) is 17.3. The highest BCUT2D eigenvalue weighted by molar-refractivity contribution is 7.88. The van der Waals surface area contributed by atoms with E-state index in [1.807, 2.05) is 18.2 Å². The summed E-state index contributed by atoms with van der Waals surface area (Å²) in [7, 11) is -3.56. The zero-order valence-electron chi connectivity index (χ0n) is 15.6. The number of anilines is 2. The molecular formula is C20H20ClN5O2S. The van der Waals surface area contributed by atoms with Crippen molar-refractivity contribution in [1.29, 1.82) is 0 Å². The lowest BCUT2D eigenvalue weighted by Gasteiger charge is -2.24. The van der Waals surface area contributed by atoms with Gasteiger partial charge in [0.25, 0.3) is 0 Å². The molecule has 0 amide bonds. The van der Waals surface area contributed by atoms with Gasteiger partial charge >= 0.3 is 0 Å². The standard InChI is InChI=1S/C20H20ClN5O2S/c21-16-7-2-1-6-15(16)14-29(27,28)26-11-5-8-18(26)17-12-22-13-20(24-17)25-19-9-3-4-10-23-19/h1-4,6-7,9-10,12-13,18H,5,8,11,14H2,(H,23,24,25)/t18-/m1/s1. The molecule has 0 radical (unpaired) electrons. The highest BCUT2D eigenvalue weighted by atomic mass is 35.5. The maximum Gasteiger partial charge on any atom is 0.218 e. The Kier molecular flexibility index (Phi) is 5.75. The van der Waals surface area contributed by atoms with Crippen LogP contribution in [0.3, 0.4) is 0 Å². The molecule has 1 aliphatic heterocycles. The zero-order chi connectivity index (χ0) is 20.3. The second kappa shape index (κ2) is 8.44.